The van der Waals surface area contributed by atoms with Gasteiger partial charge in [-0.1, -0.05) is 0 Å². The molecule has 0 aromatic carbocycles. The summed E-state index contributed by atoms with van der Waals surface area (Å²) in [7, 11) is 0.500. The SMILES string of the molecule is CF.O=S(O)O. The van der Waals surface area contributed by atoms with E-state index in [0.717, 1.165) is 0 Å². The average Bonchev–Trinajstić information content (AvgIpc) is 1.41. The Labute approximate surface area is 37.3 Å². The third-order valence-electron chi connectivity index (χ3n) is 0. The van der Waals surface area contributed by atoms with Crippen molar-refractivity contribution in [1.82, 2.24) is 0 Å². The number of hydrogen-bond donors (Lipinski definition) is 2. The summed E-state index contributed by atoms with van der Waals surface area (Å²) in [5.41, 5.74) is 0. The molecule has 0 aromatic rings. The first-order valence-corrected chi connectivity index (χ1v) is 1.97. The van der Waals surface area contributed by atoms with Crippen molar-refractivity contribution in [3.8, 4) is 0 Å². The van der Waals surface area contributed by atoms with Gasteiger partial charge in [-0.3, -0.25) is 13.5 Å². The van der Waals surface area contributed by atoms with Crippen LogP contribution in [0, 0.1) is 0 Å². The quantitative estimate of drug-likeness (QED) is 0.446. The van der Waals surface area contributed by atoms with Gasteiger partial charge in [0, 0.05) is 0 Å². The molecule has 40 valence electrons. The number of hydrogen-bond acceptors (Lipinski definition) is 1. The molecule has 0 aliphatic heterocycles. The zero-order chi connectivity index (χ0) is 5.58. The fourth-order valence-electron chi connectivity index (χ4n) is 0. The van der Waals surface area contributed by atoms with E-state index in [1.165, 1.54) is 0 Å². The van der Waals surface area contributed by atoms with Crippen molar-refractivity contribution in [3.63, 3.8) is 0 Å². The Kier molecular flexibility index (Phi) is 13.9. The minimum atomic E-state index is -2.61. The van der Waals surface area contributed by atoms with Crippen molar-refractivity contribution >= 4 is 11.4 Å². The topological polar surface area (TPSA) is 57.5 Å². The van der Waals surface area contributed by atoms with Crippen LogP contribution in [-0.2, 0) is 11.4 Å². The third-order valence-corrected chi connectivity index (χ3v) is 0. The number of halogens is 1. The van der Waals surface area contributed by atoms with Crippen LogP contribution < -0.4 is 0 Å². The molecule has 2 N–H and O–H groups in total. The highest BCUT2D eigenvalue weighted by Gasteiger charge is 1.62. The van der Waals surface area contributed by atoms with E-state index in [1.807, 2.05) is 0 Å². The first-order valence-electron chi connectivity index (χ1n) is 0.910. The summed E-state index contributed by atoms with van der Waals surface area (Å²) < 4.78 is 32.3. The molecule has 0 saturated carbocycles. The second-order valence-electron chi connectivity index (χ2n) is 0.231. The Morgan fingerprint density at radius 3 is 1.50 bits per heavy atom. The van der Waals surface area contributed by atoms with Gasteiger partial charge in [0.15, 0.2) is 0 Å². The van der Waals surface area contributed by atoms with Crippen molar-refractivity contribution in [2.75, 3.05) is 7.18 Å². The molecular formula is CH5FO3S. The van der Waals surface area contributed by atoms with Gasteiger partial charge in [-0.25, -0.2) is 0 Å². The van der Waals surface area contributed by atoms with E-state index < -0.39 is 11.4 Å². The Morgan fingerprint density at radius 1 is 1.50 bits per heavy atom. The van der Waals surface area contributed by atoms with Crippen molar-refractivity contribution in [2.24, 2.45) is 0 Å². The number of alkyl halides is 1. The van der Waals surface area contributed by atoms with Gasteiger partial charge in [-0.15, -0.1) is 0 Å². The molecule has 0 aromatic heterocycles. The standard InChI is InChI=1S/CH3F.H2O3S/c1-2;1-4(2)3/h1H3;(H2,1,2,3). The molecule has 6 heavy (non-hydrogen) atoms. The molecule has 0 heterocycles. The first-order chi connectivity index (χ1) is 2.73. The summed E-state index contributed by atoms with van der Waals surface area (Å²) in [6.07, 6.45) is 0. The Morgan fingerprint density at radius 2 is 1.50 bits per heavy atom. The highest BCUT2D eigenvalue weighted by Crippen LogP contribution is 1.44. The zero-order valence-corrected chi connectivity index (χ0v) is 3.91. The highest BCUT2D eigenvalue weighted by atomic mass is 32.2. The lowest BCUT2D eigenvalue weighted by Gasteiger charge is -1.59. The summed E-state index contributed by atoms with van der Waals surface area (Å²) in [4.78, 5) is 0. The molecule has 0 spiro atoms. The van der Waals surface area contributed by atoms with E-state index >= 15 is 0 Å². The maximum Gasteiger partial charge on any atom is 0.299 e. The molecule has 0 radical (unpaired) electrons. The van der Waals surface area contributed by atoms with Crippen molar-refractivity contribution in [3.05, 3.63) is 0 Å². The van der Waals surface area contributed by atoms with Crippen LogP contribution >= 0.6 is 0 Å². The van der Waals surface area contributed by atoms with Crippen LogP contribution in [0.1, 0.15) is 0 Å². The highest BCUT2D eigenvalue weighted by molar-refractivity contribution is 7.73. The monoisotopic (exact) mass is 116 g/mol. The molecule has 3 nitrogen and oxygen atoms in total. The molecule has 5 heteroatoms. The van der Waals surface area contributed by atoms with Crippen molar-refractivity contribution < 1.29 is 17.7 Å². The van der Waals surface area contributed by atoms with Gasteiger partial charge in [-0.05, 0) is 0 Å². The van der Waals surface area contributed by atoms with Gasteiger partial charge in [0.05, 0.1) is 7.18 Å². The molecular weight excluding hydrogens is 111 g/mol. The Bertz CT molecular complexity index is 33.8. The Hall–Kier alpha value is -0.0000000000000000416. The molecule has 0 atom stereocenters. The predicted octanol–water partition coefficient (Wildman–Crippen LogP) is 0.267. The maximum atomic E-state index is 9.50. The number of rotatable bonds is 0. The van der Waals surface area contributed by atoms with Crippen LogP contribution in [0.25, 0.3) is 0 Å². The van der Waals surface area contributed by atoms with Crippen LogP contribution in [0.15, 0.2) is 0 Å². The van der Waals surface area contributed by atoms with Gasteiger partial charge >= 0.3 is 0 Å². The van der Waals surface area contributed by atoms with Crippen LogP contribution in [0.2, 0.25) is 0 Å². The van der Waals surface area contributed by atoms with Gasteiger partial charge in [0.25, 0.3) is 11.4 Å². The van der Waals surface area contributed by atoms with Gasteiger partial charge < -0.3 is 0 Å². The maximum absolute atomic E-state index is 9.50. The van der Waals surface area contributed by atoms with Crippen molar-refractivity contribution in [1.29, 1.82) is 0 Å². The second-order valence-corrected chi connectivity index (χ2v) is 0.692. The fraction of sp³-hybridized carbons (Fsp3) is 1.00. The molecule has 0 aliphatic rings. The van der Waals surface area contributed by atoms with Crippen LogP contribution in [0.5, 0.6) is 0 Å². The van der Waals surface area contributed by atoms with Crippen molar-refractivity contribution in [2.45, 2.75) is 0 Å². The lowest BCUT2D eigenvalue weighted by atomic mass is 11.9. The molecule has 0 saturated heterocycles. The van der Waals surface area contributed by atoms with Crippen LogP contribution in [-0.4, -0.2) is 20.5 Å². The summed E-state index contributed by atoms with van der Waals surface area (Å²) >= 11 is -2.61. The minimum Gasteiger partial charge on any atom is -0.284 e. The lowest BCUT2D eigenvalue weighted by molar-refractivity contribution is 0.454. The first kappa shape index (κ1) is 9.38. The molecule has 0 fully saturated rings. The zero-order valence-electron chi connectivity index (χ0n) is 3.09. The van der Waals surface area contributed by atoms with Gasteiger partial charge in [0.1, 0.15) is 0 Å². The van der Waals surface area contributed by atoms with Crippen LogP contribution in [0.3, 0.4) is 0 Å². The molecule has 0 amide bonds. The Balaban J connectivity index is 0. The van der Waals surface area contributed by atoms with E-state index in [2.05, 4.69) is 0 Å². The second kappa shape index (κ2) is 8.89. The normalized spacial score (nSPS) is 6.83. The van der Waals surface area contributed by atoms with Gasteiger partial charge in [-0.2, -0.15) is 4.21 Å². The van der Waals surface area contributed by atoms with E-state index in [4.69, 9.17) is 13.3 Å². The predicted molar refractivity (Wildman–Crippen MR) is 20.4 cm³/mol. The lowest BCUT2D eigenvalue weighted by Crippen LogP contribution is -1.74. The van der Waals surface area contributed by atoms with E-state index in [0.29, 0.717) is 7.18 Å². The summed E-state index contributed by atoms with van der Waals surface area (Å²) in [6, 6.07) is 0. The average molecular weight is 116 g/mol. The molecule has 0 bridgehead atoms. The molecule has 0 unspecified atom stereocenters. The minimum absolute atomic E-state index is 0.500. The molecule has 0 aliphatic carbocycles. The smallest absolute Gasteiger partial charge is 0.284 e. The van der Waals surface area contributed by atoms with Crippen LogP contribution in [0.4, 0.5) is 4.39 Å². The fourth-order valence-corrected chi connectivity index (χ4v) is 0. The van der Waals surface area contributed by atoms with E-state index in [1.54, 1.807) is 0 Å². The molecule has 0 rings (SSSR count). The van der Waals surface area contributed by atoms with Gasteiger partial charge in [0.2, 0.25) is 0 Å². The van der Waals surface area contributed by atoms with E-state index in [9.17, 15) is 4.39 Å². The largest absolute Gasteiger partial charge is 0.299 e. The van der Waals surface area contributed by atoms with E-state index in [-0.39, 0.29) is 0 Å². The summed E-state index contributed by atoms with van der Waals surface area (Å²) in [6.45, 7) is 0. The summed E-state index contributed by atoms with van der Waals surface area (Å²) in [5.74, 6) is 0. The third kappa shape index (κ3) is 20799999999999997945627600845012992. The summed E-state index contributed by atoms with van der Waals surface area (Å²) in [5, 5.41) is 0.